The molecule has 0 aliphatic carbocycles. The topological polar surface area (TPSA) is 52.4 Å². The van der Waals surface area contributed by atoms with Gasteiger partial charge in [0.15, 0.2) is 11.6 Å². The van der Waals surface area contributed by atoms with Crippen molar-refractivity contribution in [3.8, 4) is 5.75 Å². The Morgan fingerprint density at radius 1 is 1.33 bits per heavy atom. The van der Waals surface area contributed by atoms with Gasteiger partial charge in [0, 0.05) is 17.5 Å². The Morgan fingerprint density at radius 2 is 2.10 bits per heavy atom. The lowest BCUT2D eigenvalue weighted by molar-refractivity contribution is -0.385. The molecule has 0 fully saturated rings. The first-order valence-electron chi connectivity index (χ1n) is 6.23. The van der Waals surface area contributed by atoms with Gasteiger partial charge in [-0.05, 0) is 30.2 Å². The summed E-state index contributed by atoms with van der Waals surface area (Å²) in [6.45, 7) is 1.70. The molecule has 0 saturated carbocycles. The van der Waals surface area contributed by atoms with Gasteiger partial charge in [-0.1, -0.05) is 18.2 Å². The minimum Gasteiger partial charge on any atom is -0.486 e. The highest BCUT2D eigenvalue weighted by molar-refractivity contribution is 6.17. The molecule has 0 saturated heterocycles. The first-order chi connectivity index (χ1) is 10.0. The summed E-state index contributed by atoms with van der Waals surface area (Å²) in [6, 6.07) is 9.20. The smallest absolute Gasteiger partial charge is 0.272 e. The Labute approximate surface area is 126 Å². The van der Waals surface area contributed by atoms with Crippen molar-refractivity contribution in [1.29, 1.82) is 0 Å². The summed E-state index contributed by atoms with van der Waals surface area (Å²) in [4.78, 5) is 10.4. The van der Waals surface area contributed by atoms with E-state index in [0.29, 0.717) is 16.7 Å². The summed E-state index contributed by atoms with van der Waals surface area (Å²) < 4.78 is 19.2. The van der Waals surface area contributed by atoms with E-state index >= 15 is 0 Å². The highest BCUT2D eigenvalue weighted by Crippen LogP contribution is 2.24. The Balaban J connectivity index is 2.17. The lowest BCUT2D eigenvalue weighted by atomic mass is 10.1. The quantitative estimate of drug-likeness (QED) is 0.468. The zero-order valence-corrected chi connectivity index (χ0v) is 12.1. The Kier molecular flexibility index (Phi) is 4.75. The van der Waals surface area contributed by atoms with E-state index in [-0.39, 0.29) is 23.9 Å². The van der Waals surface area contributed by atoms with Crippen molar-refractivity contribution in [3.05, 3.63) is 69.0 Å². The fourth-order valence-corrected chi connectivity index (χ4v) is 2.09. The van der Waals surface area contributed by atoms with Crippen molar-refractivity contribution in [1.82, 2.24) is 0 Å². The van der Waals surface area contributed by atoms with Gasteiger partial charge >= 0.3 is 0 Å². The van der Waals surface area contributed by atoms with Crippen LogP contribution >= 0.6 is 11.6 Å². The number of nitro groups is 1. The zero-order chi connectivity index (χ0) is 15.4. The molecule has 0 amide bonds. The van der Waals surface area contributed by atoms with Crippen molar-refractivity contribution in [2.24, 2.45) is 0 Å². The molecule has 0 N–H and O–H groups in total. The molecule has 0 heterocycles. The van der Waals surface area contributed by atoms with Gasteiger partial charge < -0.3 is 4.74 Å². The van der Waals surface area contributed by atoms with Crippen molar-refractivity contribution in [3.63, 3.8) is 0 Å². The predicted molar refractivity (Wildman–Crippen MR) is 78.1 cm³/mol. The number of nitrogens with zero attached hydrogens (tertiary/aromatic N) is 1. The molecule has 2 aromatic carbocycles. The van der Waals surface area contributed by atoms with Crippen molar-refractivity contribution < 1.29 is 14.1 Å². The van der Waals surface area contributed by atoms with Crippen LogP contribution in [0.3, 0.4) is 0 Å². The SMILES string of the molecule is Cc1c(COc2ccc(CCl)cc2F)cccc1[N+](=O)[O-]. The van der Waals surface area contributed by atoms with Gasteiger partial charge in [0.05, 0.1) is 4.92 Å². The van der Waals surface area contributed by atoms with Gasteiger partial charge in [-0.3, -0.25) is 10.1 Å². The third-order valence-electron chi connectivity index (χ3n) is 3.15. The van der Waals surface area contributed by atoms with E-state index in [1.807, 2.05) is 0 Å². The van der Waals surface area contributed by atoms with Crippen LogP contribution in [0.25, 0.3) is 0 Å². The van der Waals surface area contributed by atoms with E-state index < -0.39 is 10.7 Å². The van der Waals surface area contributed by atoms with E-state index in [0.717, 1.165) is 0 Å². The highest BCUT2D eigenvalue weighted by atomic mass is 35.5. The molecular weight excluding hydrogens is 297 g/mol. The molecule has 110 valence electrons. The Morgan fingerprint density at radius 3 is 2.71 bits per heavy atom. The fourth-order valence-electron chi connectivity index (χ4n) is 1.92. The molecule has 0 aliphatic rings. The number of halogens is 2. The molecule has 0 bridgehead atoms. The average molecular weight is 310 g/mol. The average Bonchev–Trinajstić information content (AvgIpc) is 2.46. The first-order valence-corrected chi connectivity index (χ1v) is 6.76. The standard InChI is InChI=1S/C15H13ClFNO3/c1-10-12(3-2-4-14(10)18(19)20)9-21-15-6-5-11(8-16)7-13(15)17/h2-7H,8-9H2,1H3. The summed E-state index contributed by atoms with van der Waals surface area (Å²) in [5.74, 6) is -0.188. The van der Waals surface area contributed by atoms with E-state index in [9.17, 15) is 14.5 Å². The van der Waals surface area contributed by atoms with Crippen LogP contribution in [-0.4, -0.2) is 4.92 Å². The summed E-state index contributed by atoms with van der Waals surface area (Å²) in [5, 5.41) is 10.9. The maximum absolute atomic E-state index is 13.8. The van der Waals surface area contributed by atoms with Crippen LogP contribution in [0.4, 0.5) is 10.1 Å². The predicted octanol–water partition coefficient (Wildman–Crippen LogP) is 4.36. The fraction of sp³-hybridized carbons (Fsp3) is 0.200. The number of ether oxygens (including phenoxy) is 1. The van der Waals surface area contributed by atoms with Gasteiger partial charge in [0.2, 0.25) is 0 Å². The van der Waals surface area contributed by atoms with Crippen LogP contribution < -0.4 is 4.74 Å². The van der Waals surface area contributed by atoms with Crippen molar-refractivity contribution in [2.75, 3.05) is 0 Å². The summed E-state index contributed by atoms with van der Waals surface area (Å²) >= 11 is 5.62. The molecule has 0 aromatic heterocycles. The summed E-state index contributed by atoms with van der Waals surface area (Å²) in [5.41, 5.74) is 1.84. The molecule has 0 aliphatic heterocycles. The van der Waals surface area contributed by atoms with E-state index in [1.54, 1.807) is 25.1 Å². The number of nitro benzene ring substituents is 1. The van der Waals surface area contributed by atoms with Crippen LogP contribution in [0, 0.1) is 22.9 Å². The Bertz CT molecular complexity index is 676. The van der Waals surface area contributed by atoms with Crippen LogP contribution in [0.15, 0.2) is 36.4 Å². The second-order valence-corrected chi connectivity index (χ2v) is 4.77. The van der Waals surface area contributed by atoms with Crippen LogP contribution in [-0.2, 0) is 12.5 Å². The van der Waals surface area contributed by atoms with Gasteiger partial charge in [-0.15, -0.1) is 11.6 Å². The van der Waals surface area contributed by atoms with Crippen LogP contribution in [0.2, 0.25) is 0 Å². The minimum absolute atomic E-state index is 0.0223. The van der Waals surface area contributed by atoms with Crippen LogP contribution in [0.5, 0.6) is 5.75 Å². The van der Waals surface area contributed by atoms with E-state index in [1.165, 1.54) is 18.2 Å². The number of benzene rings is 2. The molecule has 0 radical (unpaired) electrons. The van der Waals surface area contributed by atoms with Crippen LogP contribution in [0.1, 0.15) is 16.7 Å². The summed E-state index contributed by atoms with van der Waals surface area (Å²) in [7, 11) is 0. The third kappa shape index (κ3) is 3.49. The van der Waals surface area contributed by atoms with E-state index in [2.05, 4.69) is 0 Å². The second kappa shape index (κ2) is 6.54. The zero-order valence-electron chi connectivity index (χ0n) is 11.3. The Hall–Kier alpha value is -2.14. The normalized spacial score (nSPS) is 10.4. The monoisotopic (exact) mass is 309 g/mol. The van der Waals surface area contributed by atoms with Crippen molar-refractivity contribution in [2.45, 2.75) is 19.4 Å². The lowest BCUT2D eigenvalue weighted by Crippen LogP contribution is -2.02. The molecule has 2 rings (SSSR count). The lowest BCUT2D eigenvalue weighted by Gasteiger charge is -2.10. The second-order valence-electron chi connectivity index (χ2n) is 4.51. The maximum atomic E-state index is 13.8. The number of alkyl halides is 1. The molecule has 0 unspecified atom stereocenters. The van der Waals surface area contributed by atoms with Gasteiger partial charge in [-0.25, -0.2) is 4.39 Å². The third-order valence-corrected chi connectivity index (χ3v) is 3.46. The molecular formula is C15H13ClFNO3. The number of hydrogen-bond acceptors (Lipinski definition) is 3. The molecule has 0 atom stereocenters. The highest BCUT2D eigenvalue weighted by Gasteiger charge is 2.14. The molecule has 2 aromatic rings. The first kappa shape index (κ1) is 15.3. The maximum Gasteiger partial charge on any atom is 0.272 e. The molecule has 21 heavy (non-hydrogen) atoms. The van der Waals surface area contributed by atoms with Gasteiger partial charge in [-0.2, -0.15) is 0 Å². The van der Waals surface area contributed by atoms with Gasteiger partial charge in [0.25, 0.3) is 5.69 Å². The summed E-state index contributed by atoms with van der Waals surface area (Å²) in [6.07, 6.45) is 0. The number of rotatable bonds is 5. The largest absolute Gasteiger partial charge is 0.486 e. The van der Waals surface area contributed by atoms with Gasteiger partial charge in [0.1, 0.15) is 6.61 Å². The van der Waals surface area contributed by atoms with Crippen molar-refractivity contribution >= 4 is 17.3 Å². The minimum atomic E-state index is -0.503. The van der Waals surface area contributed by atoms with E-state index in [4.69, 9.17) is 16.3 Å². The molecule has 4 nitrogen and oxygen atoms in total. The molecule has 6 heteroatoms. The molecule has 0 spiro atoms. The number of hydrogen-bond donors (Lipinski definition) is 0.